The maximum absolute atomic E-state index is 5.37. The summed E-state index contributed by atoms with van der Waals surface area (Å²) in [4.78, 5) is 8.66. The Bertz CT molecular complexity index is 818. The summed E-state index contributed by atoms with van der Waals surface area (Å²) in [5.74, 6) is 2.63. The number of aryl methyl sites for hydroxylation is 2. The van der Waals surface area contributed by atoms with Gasteiger partial charge in [0, 0.05) is 24.1 Å². The molecule has 25 heavy (non-hydrogen) atoms. The number of benzene rings is 1. The van der Waals surface area contributed by atoms with Crippen LogP contribution < -0.4 is 5.32 Å². The first-order valence-electron chi connectivity index (χ1n) is 8.62. The molecule has 2 heterocycles. The van der Waals surface area contributed by atoms with Gasteiger partial charge in [-0.2, -0.15) is 4.98 Å². The number of rotatable bonds is 6. The summed E-state index contributed by atoms with van der Waals surface area (Å²) in [7, 11) is 0. The lowest BCUT2D eigenvalue weighted by molar-refractivity contribution is 0.273. The maximum Gasteiger partial charge on any atom is 0.244 e. The van der Waals surface area contributed by atoms with Gasteiger partial charge in [0.05, 0.1) is 6.04 Å². The molecule has 0 unspecified atom stereocenters. The summed E-state index contributed by atoms with van der Waals surface area (Å²) >= 11 is 0. The Balaban J connectivity index is 1.76. The standard InChI is InChI=1S/C19H25N5O/c1-12(2)18(19-22-14(4)23-25-19)21-13(3)16-6-8-17(9-7-16)24-11-10-20-15(24)5/h6-13,18,21H,1-5H3/t13-,18+/m0/s1. The van der Waals surface area contributed by atoms with Crippen LogP contribution >= 0.6 is 0 Å². The molecule has 1 N–H and O–H groups in total. The van der Waals surface area contributed by atoms with Crippen molar-refractivity contribution in [1.82, 2.24) is 25.0 Å². The van der Waals surface area contributed by atoms with Gasteiger partial charge in [-0.05, 0) is 44.4 Å². The van der Waals surface area contributed by atoms with Crippen LogP contribution in [0.4, 0.5) is 0 Å². The van der Waals surface area contributed by atoms with Gasteiger partial charge in [0.25, 0.3) is 0 Å². The van der Waals surface area contributed by atoms with Gasteiger partial charge in [-0.15, -0.1) is 0 Å². The van der Waals surface area contributed by atoms with Crippen LogP contribution in [-0.2, 0) is 0 Å². The molecular formula is C19H25N5O. The summed E-state index contributed by atoms with van der Waals surface area (Å²) in [6.07, 6.45) is 3.78. The third-order valence-electron chi connectivity index (χ3n) is 4.40. The van der Waals surface area contributed by atoms with E-state index in [2.05, 4.69) is 70.0 Å². The number of imidazole rings is 1. The van der Waals surface area contributed by atoms with Gasteiger partial charge in [-0.25, -0.2) is 4.98 Å². The molecule has 0 bridgehead atoms. The molecular weight excluding hydrogens is 314 g/mol. The number of aromatic nitrogens is 4. The quantitative estimate of drug-likeness (QED) is 0.737. The van der Waals surface area contributed by atoms with Gasteiger partial charge in [-0.1, -0.05) is 31.1 Å². The highest BCUT2D eigenvalue weighted by Gasteiger charge is 2.24. The topological polar surface area (TPSA) is 68.8 Å². The van der Waals surface area contributed by atoms with Crippen LogP contribution in [0.1, 0.15) is 56.0 Å². The van der Waals surface area contributed by atoms with Crippen molar-refractivity contribution >= 4 is 0 Å². The van der Waals surface area contributed by atoms with Crippen LogP contribution in [0.15, 0.2) is 41.2 Å². The molecule has 0 fully saturated rings. The zero-order valence-corrected chi connectivity index (χ0v) is 15.4. The van der Waals surface area contributed by atoms with E-state index < -0.39 is 0 Å². The summed E-state index contributed by atoms with van der Waals surface area (Å²) in [6.45, 7) is 10.3. The molecule has 0 aliphatic carbocycles. The molecule has 0 aliphatic rings. The second kappa shape index (κ2) is 7.19. The monoisotopic (exact) mass is 339 g/mol. The van der Waals surface area contributed by atoms with Crippen molar-refractivity contribution in [2.45, 2.75) is 46.7 Å². The molecule has 0 amide bonds. The molecule has 0 aliphatic heterocycles. The van der Waals surface area contributed by atoms with E-state index in [0.29, 0.717) is 17.6 Å². The highest BCUT2D eigenvalue weighted by atomic mass is 16.5. The zero-order valence-electron chi connectivity index (χ0n) is 15.4. The number of nitrogens with zero attached hydrogens (tertiary/aromatic N) is 4. The molecule has 6 nitrogen and oxygen atoms in total. The van der Waals surface area contributed by atoms with Crippen molar-refractivity contribution in [2.75, 3.05) is 0 Å². The number of hydrogen-bond donors (Lipinski definition) is 1. The van der Waals surface area contributed by atoms with E-state index in [4.69, 9.17) is 4.52 Å². The minimum absolute atomic E-state index is 0.0202. The molecule has 3 aromatic rings. The lowest BCUT2D eigenvalue weighted by Gasteiger charge is -2.24. The molecule has 0 radical (unpaired) electrons. The molecule has 3 rings (SSSR count). The molecule has 2 aromatic heterocycles. The van der Waals surface area contributed by atoms with Gasteiger partial charge in [0.15, 0.2) is 5.82 Å². The van der Waals surface area contributed by atoms with E-state index in [1.54, 1.807) is 0 Å². The highest BCUT2D eigenvalue weighted by molar-refractivity contribution is 5.36. The first-order chi connectivity index (χ1) is 12.0. The minimum atomic E-state index is 0.0202. The van der Waals surface area contributed by atoms with E-state index in [1.165, 1.54) is 5.56 Å². The fourth-order valence-corrected chi connectivity index (χ4v) is 2.93. The molecule has 0 saturated carbocycles. The highest BCUT2D eigenvalue weighted by Crippen LogP contribution is 2.25. The van der Waals surface area contributed by atoms with Crippen LogP contribution in [0.2, 0.25) is 0 Å². The van der Waals surface area contributed by atoms with E-state index >= 15 is 0 Å². The molecule has 0 spiro atoms. The zero-order chi connectivity index (χ0) is 18.0. The van der Waals surface area contributed by atoms with Crippen molar-refractivity contribution in [3.63, 3.8) is 0 Å². The number of nitrogens with one attached hydrogen (secondary N) is 1. The van der Waals surface area contributed by atoms with E-state index in [0.717, 1.165) is 11.5 Å². The Labute approximate surface area is 148 Å². The van der Waals surface area contributed by atoms with Crippen LogP contribution in [-0.4, -0.2) is 19.7 Å². The van der Waals surface area contributed by atoms with Crippen molar-refractivity contribution in [3.8, 4) is 5.69 Å². The van der Waals surface area contributed by atoms with Crippen LogP contribution in [0.5, 0.6) is 0 Å². The van der Waals surface area contributed by atoms with Crippen molar-refractivity contribution in [2.24, 2.45) is 5.92 Å². The molecule has 6 heteroatoms. The first kappa shape index (κ1) is 17.4. The van der Waals surface area contributed by atoms with Crippen molar-refractivity contribution < 1.29 is 4.52 Å². The Morgan fingerprint density at radius 3 is 2.32 bits per heavy atom. The van der Waals surface area contributed by atoms with Gasteiger partial charge in [0.2, 0.25) is 5.89 Å². The van der Waals surface area contributed by atoms with Crippen LogP contribution in [0.25, 0.3) is 5.69 Å². The minimum Gasteiger partial charge on any atom is -0.338 e. The summed E-state index contributed by atoms with van der Waals surface area (Å²) in [6, 6.07) is 8.70. The second-order valence-corrected chi connectivity index (χ2v) is 6.73. The number of hydrogen-bond acceptors (Lipinski definition) is 5. The SMILES string of the molecule is Cc1noc([C@H](N[C@@H](C)c2ccc(-n3ccnc3C)cc2)C(C)C)n1. The normalized spacial score (nSPS) is 14.0. The molecule has 132 valence electrons. The molecule has 0 saturated heterocycles. The summed E-state index contributed by atoms with van der Waals surface area (Å²) in [5, 5.41) is 7.53. The molecule has 1 aromatic carbocycles. The van der Waals surface area contributed by atoms with Gasteiger partial charge >= 0.3 is 0 Å². The Hall–Kier alpha value is -2.47. The van der Waals surface area contributed by atoms with E-state index in [9.17, 15) is 0 Å². The van der Waals surface area contributed by atoms with Crippen molar-refractivity contribution in [3.05, 3.63) is 59.8 Å². The predicted molar refractivity (Wildman–Crippen MR) is 96.5 cm³/mol. The third-order valence-corrected chi connectivity index (χ3v) is 4.40. The van der Waals surface area contributed by atoms with Crippen LogP contribution in [0, 0.1) is 19.8 Å². The lowest BCUT2D eigenvalue weighted by atomic mass is 10.0. The summed E-state index contributed by atoms with van der Waals surface area (Å²) < 4.78 is 7.44. The fourth-order valence-electron chi connectivity index (χ4n) is 2.93. The van der Waals surface area contributed by atoms with Crippen molar-refractivity contribution in [1.29, 1.82) is 0 Å². The molecule has 2 atom stereocenters. The van der Waals surface area contributed by atoms with E-state index in [1.807, 2.05) is 26.2 Å². The fraction of sp³-hybridized carbons (Fsp3) is 0.421. The van der Waals surface area contributed by atoms with Gasteiger partial charge < -0.3 is 9.09 Å². The average Bonchev–Trinajstić information content (AvgIpc) is 3.20. The maximum atomic E-state index is 5.37. The summed E-state index contributed by atoms with van der Waals surface area (Å²) in [5.41, 5.74) is 2.32. The Morgan fingerprint density at radius 2 is 1.80 bits per heavy atom. The predicted octanol–water partition coefficient (Wildman–Crippen LogP) is 3.92. The lowest BCUT2D eigenvalue weighted by Crippen LogP contribution is -2.28. The Kier molecular flexibility index (Phi) is 4.99. The van der Waals surface area contributed by atoms with Crippen LogP contribution in [0.3, 0.4) is 0 Å². The second-order valence-electron chi connectivity index (χ2n) is 6.73. The third kappa shape index (κ3) is 3.79. The smallest absolute Gasteiger partial charge is 0.244 e. The van der Waals surface area contributed by atoms with Gasteiger partial charge in [-0.3, -0.25) is 5.32 Å². The average molecular weight is 339 g/mol. The van der Waals surface area contributed by atoms with E-state index in [-0.39, 0.29) is 12.1 Å². The van der Waals surface area contributed by atoms with Gasteiger partial charge in [0.1, 0.15) is 5.82 Å². The first-order valence-corrected chi connectivity index (χ1v) is 8.62. The largest absolute Gasteiger partial charge is 0.338 e. The Morgan fingerprint density at radius 1 is 1.08 bits per heavy atom.